The van der Waals surface area contributed by atoms with Gasteiger partial charge in [0.05, 0.1) is 12.6 Å². The molecule has 0 spiro atoms. The Bertz CT molecular complexity index is 683. The summed E-state index contributed by atoms with van der Waals surface area (Å²) in [5, 5.41) is 2.65. The van der Waals surface area contributed by atoms with Crippen LogP contribution in [0.3, 0.4) is 0 Å². The molecule has 184 valence electrons. The topological polar surface area (TPSA) is 124 Å². The highest BCUT2D eigenvalue weighted by Crippen LogP contribution is 2.44. The molecule has 12 heteroatoms. The Labute approximate surface area is 189 Å². The Morgan fingerprint density at radius 2 is 1.45 bits per heavy atom. The lowest BCUT2D eigenvalue weighted by atomic mass is 10.1. The molecule has 0 saturated carbocycles. The smallest absolute Gasteiger partial charge is 0.407 e. The molecule has 31 heavy (non-hydrogen) atoms. The second kappa shape index (κ2) is 9.64. The second-order valence-corrected chi connectivity index (χ2v) is 22.0. The predicted molar refractivity (Wildman–Crippen MR) is 125 cm³/mol. The summed E-state index contributed by atoms with van der Waals surface area (Å²) in [5.41, 5.74) is 0. The van der Waals surface area contributed by atoms with Crippen LogP contribution in [0.4, 0.5) is 0 Å². The van der Waals surface area contributed by atoms with Gasteiger partial charge in [-0.05, 0) is 36.3 Å². The number of amides is 1. The van der Waals surface area contributed by atoms with Crippen molar-refractivity contribution < 1.29 is 37.3 Å². The molecule has 1 fully saturated rings. The first kappa shape index (κ1) is 28.9. The molecule has 1 rings (SSSR count). The highest BCUT2D eigenvalue weighted by atomic mass is 31.2. The lowest BCUT2D eigenvalue weighted by molar-refractivity contribution is -0.121. The maximum absolute atomic E-state index is 12.0. The Morgan fingerprint density at radius 3 is 1.84 bits per heavy atom. The van der Waals surface area contributed by atoms with Gasteiger partial charge in [-0.15, -0.1) is 0 Å². The lowest BCUT2D eigenvalue weighted by Crippen LogP contribution is -2.56. The number of carbonyl (C=O) groups is 1. The normalized spacial score (nSPS) is 26.2. The van der Waals surface area contributed by atoms with Gasteiger partial charge in [-0.3, -0.25) is 9.32 Å². The van der Waals surface area contributed by atoms with Crippen LogP contribution in [0.25, 0.3) is 0 Å². The maximum atomic E-state index is 12.0. The highest BCUT2D eigenvalue weighted by Gasteiger charge is 2.54. The van der Waals surface area contributed by atoms with Crippen molar-refractivity contribution in [1.82, 2.24) is 5.32 Å². The van der Waals surface area contributed by atoms with Crippen LogP contribution < -0.4 is 5.32 Å². The maximum Gasteiger partial charge on any atom is 0.469 e. The molecule has 0 aliphatic carbocycles. The van der Waals surface area contributed by atoms with E-state index < -0.39 is 55.6 Å². The van der Waals surface area contributed by atoms with E-state index in [-0.39, 0.29) is 16.0 Å². The fourth-order valence-corrected chi connectivity index (χ4v) is 5.40. The van der Waals surface area contributed by atoms with Crippen LogP contribution >= 0.6 is 7.82 Å². The van der Waals surface area contributed by atoms with E-state index >= 15 is 0 Å². The van der Waals surface area contributed by atoms with E-state index in [1.165, 1.54) is 6.92 Å². The van der Waals surface area contributed by atoms with Gasteiger partial charge in [0, 0.05) is 6.92 Å². The van der Waals surface area contributed by atoms with Gasteiger partial charge >= 0.3 is 7.82 Å². The third-order valence-corrected chi connectivity index (χ3v) is 16.0. The van der Waals surface area contributed by atoms with E-state index in [1.807, 2.05) is 0 Å². The van der Waals surface area contributed by atoms with Crippen LogP contribution in [0.2, 0.25) is 36.3 Å². The molecule has 0 aromatic carbocycles. The molecule has 0 bridgehead atoms. The van der Waals surface area contributed by atoms with E-state index in [1.54, 1.807) is 0 Å². The number of carbonyl (C=O) groups excluding carboxylic acids is 1. The number of phosphoric acid groups is 1. The van der Waals surface area contributed by atoms with E-state index in [0.29, 0.717) is 0 Å². The van der Waals surface area contributed by atoms with Crippen LogP contribution in [0, 0.1) is 0 Å². The van der Waals surface area contributed by atoms with Gasteiger partial charge in [-0.2, -0.15) is 0 Å². The van der Waals surface area contributed by atoms with Crippen molar-refractivity contribution in [2.45, 2.75) is 109 Å². The van der Waals surface area contributed by atoms with Crippen LogP contribution in [0.15, 0.2) is 0 Å². The quantitative estimate of drug-likeness (QED) is 0.341. The third kappa shape index (κ3) is 8.01. The number of ether oxygens (including phenoxy) is 1. The summed E-state index contributed by atoms with van der Waals surface area (Å²) in [7, 11) is -9.30. The average molecular weight is 500 g/mol. The van der Waals surface area contributed by atoms with Gasteiger partial charge in [0.2, 0.25) is 5.91 Å². The first-order valence-corrected chi connectivity index (χ1v) is 17.9. The van der Waals surface area contributed by atoms with Crippen molar-refractivity contribution in [1.29, 1.82) is 0 Å². The molecule has 0 aromatic heterocycles. The molecule has 0 radical (unpaired) electrons. The SMILES string of the molecule is CC(=O)NC1[C@@H](COP(=O)(O)O)O[C@@H](O[Si](C)(C)C(C)(C)C)[C@H]1O[Si](C)(C)C(C)(C)C. The molecule has 1 aliphatic heterocycles. The van der Waals surface area contributed by atoms with Crippen molar-refractivity contribution in [3.8, 4) is 0 Å². The van der Waals surface area contributed by atoms with Crippen LogP contribution in [0.1, 0.15) is 48.5 Å². The Balaban J connectivity index is 3.35. The summed E-state index contributed by atoms with van der Waals surface area (Å²) < 4.78 is 35.3. The minimum atomic E-state index is -4.71. The van der Waals surface area contributed by atoms with Gasteiger partial charge in [0.25, 0.3) is 0 Å². The van der Waals surface area contributed by atoms with Gasteiger partial charge < -0.3 is 28.7 Å². The molecule has 1 unspecified atom stereocenters. The Morgan fingerprint density at radius 1 is 1.00 bits per heavy atom. The summed E-state index contributed by atoms with van der Waals surface area (Å²) in [6.07, 6.45) is -2.26. The van der Waals surface area contributed by atoms with Crippen molar-refractivity contribution in [2.24, 2.45) is 0 Å². The summed E-state index contributed by atoms with van der Waals surface area (Å²) in [6, 6.07) is -0.673. The van der Waals surface area contributed by atoms with Crippen molar-refractivity contribution in [2.75, 3.05) is 6.61 Å². The lowest BCUT2D eigenvalue weighted by Gasteiger charge is -2.43. The average Bonchev–Trinajstić information content (AvgIpc) is 2.78. The monoisotopic (exact) mass is 499 g/mol. The molecule has 1 amide bonds. The van der Waals surface area contributed by atoms with Gasteiger partial charge in [0.15, 0.2) is 22.9 Å². The fourth-order valence-electron chi connectivity index (χ4n) is 2.65. The molecule has 1 saturated heterocycles. The second-order valence-electron chi connectivity index (χ2n) is 11.3. The molecule has 9 nitrogen and oxygen atoms in total. The summed E-state index contributed by atoms with van der Waals surface area (Å²) >= 11 is 0. The van der Waals surface area contributed by atoms with E-state index in [2.05, 4.69) is 73.0 Å². The van der Waals surface area contributed by atoms with Gasteiger partial charge in [0.1, 0.15) is 12.2 Å². The molecular weight excluding hydrogens is 457 g/mol. The highest BCUT2D eigenvalue weighted by molar-refractivity contribution is 7.46. The zero-order chi connectivity index (χ0) is 24.6. The first-order valence-electron chi connectivity index (χ1n) is 10.6. The standard InChI is InChI=1S/C19H42NO8PSi2/c1-13(21)20-15-14(12-25-29(22,23)24)26-17(28-31(10,11)19(5,6)7)16(15)27-30(8,9)18(2,3)4/h14-17H,12H2,1-11H3,(H,20,21)(H2,22,23,24)/t14-,15?,16+,17+/m1/s1. The zero-order valence-electron chi connectivity index (χ0n) is 20.8. The largest absolute Gasteiger partial charge is 0.469 e. The van der Waals surface area contributed by atoms with Crippen LogP contribution in [-0.2, 0) is 27.5 Å². The predicted octanol–water partition coefficient (Wildman–Crippen LogP) is 3.74. The minimum Gasteiger partial charge on any atom is -0.407 e. The minimum absolute atomic E-state index is 0.0954. The Kier molecular flexibility index (Phi) is 8.99. The van der Waals surface area contributed by atoms with Crippen LogP contribution in [0.5, 0.6) is 0 Å². The summed E-state index contributed by atoms with van der Waals surface area (Å²) in [6.45, 7) is 22.0. The molecular formula is C19H42NO8PSi2. The zero-order valence-corrected chi connectivity index (χ0v) is 23.7. The van der Waals surface area contributed by atoms with Gasteiger partial charge in [-0.1, -0.05) is 41.5 Å². The van der Waals surface area contributed by atoms with Crippen molar-refractivity contribution >= 4 is 30.4 Å². The number of phosphoric ester groups is 1. The first-order chi connectivity index (χ1) is 13.6. The van der Waals surface area contributed by atoms with Gasteiger partial charge in [-0.25, -0.2) is 4.57 Å². The van der Waals surface area contributed by atoms with Crippen LogP contribution in [-0.4, -0.2) is 63.5 Å². The van der Waals surface area contributed by atoms with E-state index in [9.17, 15) is 9.36 Å². The summed E-state index contributed by atoms with van der Waals surface area (Å²) in [4.78, 5) is 30.3. The van der Waals surface area contributed by atoms with Crippen molar-refractivity contribution in [3.63, 3.8) is 0 Å². The summed E-state index contributed by atoms with van der Waals surface area (Å²) in [5.74, 6) is -0.299. The molecule has 3 N–H and O–H groups in total. The number of hydrogen-bond acceptors (Lipinski definition) is 6. The van der Waals surface area contributed by atoms with Crippen molar-refractivity contribution in [3.05, 3.63) is 0 Å². The molecule has 1 aliphatic rings. The van der Waals surface area contributed by atoms with E-state index in [4.69, 9.17) is 27.9 Å². The Hall–Kier alpha value is -0.106. The molecule has 1 heterocycles. The third-order valence-electron chi connectivity index (χ3n) is 6.56. The number of nitrogens with one attached hydrogen (secondary N) is 1. The number of rotatable bonds is 8. The fraction of sp³-hybridized carbons (Fsp3) is 0.947. The van der Waals surface area contributed by atoms with E-state index in [0.717, 1.165) is 0 Å². The molecule has 0 aromatic rings. The number of hydrogen-bond donors (Lipinski definition) is 3. The molecule has 4 atom stereocenters.